The van der Waals surface area contributed by atoms with Gasteiger partial charge in [0.25, 0.3) is 0 Å². The van der Waals surface area contributed by atoms with Crippen molar-refractivity contribution in [3.8, 4) is 5.75 Å². The van der Waals surface area contributed by atoms with Gasteiger partial charge in [0.2, 0.25) is 0 Å². The molecule has 2 N–H and O–H groups in total. The van der Waals surface area contributed by atoms with Crippen molar-refractivity contribution in [1.29, 1.82) is 0 Å². The lowest BCUT2D eigenvalue weighted by molar-refractivity contribution is 0.122. The third-order valence-corrected chi connectivity index (χ3v) is 4.32. The minimum absolute atomic E-state index is 0.0909. The molecule has 2 fully saturated rings. The van der Waals surface area contributed by atoms with E-state index in [1.165, 1.54) is 5.69 Å². The topological polar surface area (TPSA) is 44.7 Å². The number of phenolic OH excluding ortho intramolecular Hbond substituents is 1. The highest BCUT2D eigenvalue weighted by Crippen LogP contribution is 2.38. The summed E-state index contributed by atoms with van der Waals surface area (Å²) < 4.78 is 5.39. The molecule has 0 spiro atoms. The lowest BCUT2D eigenvalue weighted by Gasteiger charge is -2.31. The van der Waals surface area contributed by atoms with Crippen LogP contribution in [0.5, 0.6) is 5.75 Å². The van der Waals surface area contributed by atoms with Crippen LogP contribution in [0.15, 0.2) is 18.2 Å². The zero-order valence-corrected chi connectivity index (χ0v) is 11.5. The summed E-state index contributed by atoms with van der Waals surface area (Å²) in [5.41, 5.74) is 2.12. The van der Waals surface area contributed by atoms with Crippen LogP contribution >= 0.6 is 0 Å². The Labute approximate surface area is 114 Å². The van der Waals surface area contributed by atoms with Gasteiger partial charge < -0.3 is 20.1 Å². The van der Waals surface area contributed by atoms with Gasteiger partial charge in [-0.15, -0.1) is 0 Å². The van der Waals surface area contributed by atoms with Gasteiger partial charge in [-0.25, -0.2) is 0 Å². The van der Waals surface area contributed by atoms with Gasteiger partial charge in [-0.3, -0.25) is 0 Å². The average Bonchev–Trinajstić information content (AvgIpc) is 2.88. The molecule has 0 aromatic heterocycles. The molecule has 2 aliphatic rings. The third-order valence-electron chi connectivity index (χ3n) is 4.32. The van der Waals surface area contributed by atoms with E-state index in [0.29, 0.717) is 5.75 Å². The number of morpholine rings is 1. The van der Waals surface area contributed by atoms with E-state index in [0.717, 1.165) is 51.3 Å². The lowest BCUT2D eigenvalue weighted by atomic mass is 9.89. The summed E-state index contributed by atoms with van der Waals surface area (Å²) in [5.74, 6) is 0.397. The number of nitrogens with one attached hydrogen (secondary N) is 1. The highest BCUT2D eigenvalue weighted by molar-refractivity contribution is 5.55. The molecule has 0 radical (unpaired) electrons. The van der Waals surface area contributed by atoms with Crippen molar-refractivity contribution >= 4 is 5.69 Å². The molecule has 0 saturated carbocycles. The summed E-state index contributed by atoms with van der Waals surface area (Å²) in [7, 11) is 0. The second-order valence-electron chi connectivity index (χ2n) is 5.66. The monoisotopic (exact) mass is 262 g/mol. The van der Waals surface area contributed by atoms with Crippen LogP contribution < -0.4 is 10.2 Å². The molecule has 1 unspecified atom stereocenters. The van der Waals surface area contributed by atoms with E-state index in [4.69, 9.17) is 4.74 Å². The first-order chi connectivity index (χ1) is 9.19. The summed E-state index contributed by atoms with van der Waals surface area (Å²) in [5, 5.41) is 13.7. The molecule has 1 aromatic carbocycles. The highest BCUT2D eigenvalue weighted by atomic mass is 16.5. The van der Waals surface area contributed by atoms with Crippen LogP contribution in [0.3, 0.4) is 0 Å². The van der Waals surface area contributed by atoms with E-state index in [-0.39, 0.29) is 5.54 Å². The van der Waals surface area contributed by atoms with Crippen LogP contribution in [0, 0.1) is 0 Å². The second kappa shape index (κ2) is 5.02. The molecule has 0 amide bonds. The number of anilines is 1. The molecular weight excluding hydrogens is 240 g/mol. The van der Waals surface area contributed by atoms with Gasteiger partial charge in [-0.05, 0) is 44.5 Å². The maximum absolute atomic E-state index is 10.2. The van der Waals surface area contributed by atoms with Crippen LogP contribution in [-0.2, 0) is 10.3 Å². The Balaban J connectivity index is 1.91. The summed E-state index contributed by atoms with van der Waals surface area (Å²) in [6.45, 7) is 6.62. The first-order valence-electron chi connectivity index (χ1n) is 7.10. The Hall–Kier alpha value is -1.26. The maximum Gasteiger partial charge on any atom is 0.120 e. The van der Waals surface area contributed by atoms with Crippen LogP contribution in [-0.4, -0.2) is 38.0 Å². The molecule has 2 saturated heterocycles. The predicted molar refractivity (Wildman–Crippen MR) is 75.7 cm³/mol. The van der Waals surface area contributed by atoms with Gasteiger partial charge in [0.1, 0.15) is 5.75 Å². The van der Waals surface area contributed by atoms with Crippen molar-refractivity contribution in [3.05, 3.63) is 23.8 Å². The fourth-order valence-corrected chi connectivity index (χ4v) is 3.11. The van der Waals surface area contributed by atoms with E-state index < -0.39 is 0 Å². The first kappa shape index (κ1) is 12.8. The summed E-state index contributed by atoms with van der Waals surface area (Å²) >= 11 is 0. The third kappa shape index (κ3) is 2.42. The largest absolute Gasteiger partial charge is 0.508 e. The Morgan fingerprint density at radius 2 is 2.11 bits per heavy atom. The van der Waals surface area contributed by atoms with E-state index >= 15 is 0 Å². The van der Waals surface area contributed by atoms with E-state index in [1.807, 2.05) is 12.1 Å². The molecular formula is C15H22N2O2. The highest BCUT2D eigenvalue weighted by Gasteiger charge is 2.32. The quantitative estimate of drug-likeness (QED) is 0.853. The fraction of sp³-hybridized carbons (Fsp3) is 0.600. The second-order valence-corrected chi connectivity index (χ2v) is 5.66. The lowest BCUT2D eigenvalue weighted by Crippen LogP contribution is -2.37. The Morgan fingerprint density at radius 3 is 2.79 bits per heavy atom. The van der Waals surface area contributed by atoms with E-state index in [2.05, 4.69) is 23.2 Å². The van der Waals surface area contributed by atoms with Crippen molar-refractivity contribution in [2.24, 2.45) is 0 Å². The number of ether oxygens (including phenoxy) is 1. The Morgan fingerprint density at radius 1 is 1.32 bits per heavy atom. The Kier molecular flexibility index (Phi) is 3.37. The summed E-state index contributed by atoms with van der Waals surface area (Å²) in [4.78, 5) is 2.32. The molecule has 0 aliphatic carbocycles. The first-order valence-corrected chi connectivity index (χ1v) is 7.10. The number of nitrogens with zero attached hydrogens (tertiary/aromatic N) is 1. The van der Waals surface area contributed by atoms with Crippen LogP contribution in [0.25, 0.3) is 0 Å². The minimum Gasteiger partial charge on any atom is -0.508 e. The molecule has 1 aromatic rings. The SMILES string of the molecule is CC1(c2cc(N3CCOCC3)ccc2O)CCCN1. The predicted octanol–water partition coefficient (Wildman–Crippen LogP) is 1.83. The summed E-state index contributed by atoms with van der Waals surface area (Å²) in [6.07, 6.45) is 2.24. The van der Waals surface area contributed by atoms with Crippen molar-refractivity contribution in [3.63, 3.8) is 0 Å². The smallest absolute Gasteiger partial charge is 0.120 e. The molecule has 19 heavy (non-hydrogen) atoms. The van der Waals surface area contributed by atoms with Crippen LogP contribution in [0.2, 0.25) is 0 Å². The van der Waals surface area contributed by atoms with Gasteiger partial charge in [0.15, 0.2) is 0 Å². The molecule has 1 atom stereocenters. The normalized spacial score (nSPS) is 27.7. The van der Waals surface area contributed by atoms with E-state index in [9.17, 15) is 5.11 Å². The van der Waals surface area contributed by atoms with Crippen LogP contribution in [0.1, 0.15) is 25.3 Å². The number of hydrogen-bond donors (Lipinski definition) is 2. The van der Waals surface area contributed by atoms with Gasteiger partial charge in [-0.2, -0.15) is 0 Å². The van der Waals surface area contributed by atoms with Gasteiger partial charge in [0.05, 0.1) is 13.2 Å². The molecule has 4 nitrogen and oxygen atoms in total. The molecule has 2 heterocycles. The minimum atomic E-state index is -0.0909. The molecule has 2 aliphatic heterocycles. The fourth-order valence-electron chi connectivity index (χ4n) is 3.11. The van der Waals surface area contributed by atoms with Gasteiger partial charge >= 0.3 is 0 Å². The Bertz CT molecular complexity index is 449. The molecule has 4 heteroatoms. The molecule has 3 rings (SSSR count). The van der Waals surface area contributed by atoms with Crippen molar-refractivity contribution in [2.45, 2.75) is 25.3 Å². The van der Waals surface area contributed by atoms with E-state index in [1.54, 1.807) is 0 Å². The number of hydrogen-bond acceptors (Lipinski definition) is 4. The molecule has 104 valence electrons. The number of benzene rings is 1. The zero-order chi connectivity index (χ0) is 13.3. The van der Waals surface area contributed by atoms with Gasteiger partial charge in [-0.1, -0.05) is 0 Å². The van der Waals surface area contributed by atoms with Crippen molar-refractivity contribution in [2.75, 3.05) is 37.7 Å². The number of aromatic hydroxyl groups is 1. The number of rotatable bonds is 2. The summed E-state index contributed by atoms with van der Waals surface area (Å²) in [6, 6.07) is 5.97. The van der Waals surface area contributed by atoms with Crippen LogP contribution in [0.4, 0.5) is 5.69 Å². The standard InChI is InChI=1S/C15H22N2O2/c1-15(5-2-6-16-15)13-11-12(3-4-14(13)18)17-7-9-19-10-8-17/h3-4,11,16,18H,2,5-10H2,1H3. The number of phenols is 1. The molecule has 0 bridgehead atoms. The maximum atomic E-state index is 10.2. The average molecular weight is 262 g/mol. The zero-order valence-electron chi connectivity index (χ0n) is 11.5. The van der Waals surface area contributed by atoms with Crippen molar-refractivity contribution < 1.29 is 9.84 Å². The van der Waals surface area contributed by atoms with Crippen molar-refractivity contribution in [1.82, 2.24) is 5.32 Å². The van der Waals surface area contributed by atoms with Gasteiger partial charge in [0, 0.05) is 29.9 Å².